The minimum Gasteiger partial charge on any atom is -0.482 e. The number of ether oxygens (including phenoxy) is 1. The van der Waals surface area contributed by atoms with Crippen LogP contribution in [-0.4, -0.2) is 12.5 Å². The van der Waals surface area contributed by atoms with Crippen LogP contribution in [0, 0.1) is 11.3 Å². The number of nitrogens with zero attached hydrogens (tertiary/aromatic N) is 2. The van der Waals surface area contributed by atoms with Crippen LogP contribution in [0.25, 0.3) is 0 Å². The van der Waals surface area contributed by atoms with Gasteiger partial charge in [-0.15, -0.1) is 0 Å². The molecule has 21 heavy (non-hydrogen) atoms. The molecule has 104 valence electrons. The van der Waals surface area contributed by atoms with Gasteiger partial charge in [-0.05, 0) is 35.9 Å². The first-order valence-corrected chi connectivity index (χ1v) is 6.49. The molecule has 0 bridgehead atoms. The van der Waals surface area contributed by atoms with Crippen molar-refractivity contribution in [1.82, 2.24) is 0 Å². The number of benzene rings is 2. The number of amides is 1. The molecule has 0 saturated heterocycles. The first kappa shape index (κ1) is 13.0. The van der Waals surface area contributed by atoms with Crippen LogP contribution in [0.3, 0.4) is 0 Å². The summed E-state index contributed by atoms with van der Waals surface area (Å²) in [7, 11) is 0. The maximum atomic E-state index is 12.1. The average molecular weight is 279 g/mol. The normalized spacial score (nSPS) is 13.3. The zero-order chi connectivity index (χ0) is 14.8. The lowest BCUT2D eigenvalue weighted by molar-refractivity contribution is -0.121. The van der Waals surface area contributed by atoms with Crippen LogP contribution >= 0.6 is 0 Å². The van der Waals surface area contributed by atoms with Crippen molar-refractivity contribution in [3.05, 3.63) is 53.6 Å². The van der Waals surface area contributed by atoms with E-state index in [0.717, 1.165) is 5.56 Å². The van der Waals surface area contributed by atoms with Crippen molar-refractivity contribution in [3.63, 3.8) is 0 Å². The van der Waals surface area contributed by atoms with Crippen molar-refractivity contribution < 1.29 is 9.53 Å². The third-order valence-electron chi connectivity index (χ3n) is 3.35. The Balaban J connectivity index is 1.92. The summed E-state index contributed by atoms with van der Waals surface area (Å²) in [5, 5.41) is 8.81. The van der Waals surface area contributed by atoms with Gasteiger partial charge in [0.15, 0.2) is 6.61 Å². The average Bonchev–Trinajstić information content (AvgIpc) is 2.51. The van der Waals surface area contributed by atoms with Crippen molar-refractivity contribution >= 4 is 17.3 Å². The standard InChI is InChI=1S/C16H13N3O2/c17-8-11-1-3-12(4-2-11)9-19-14-7-13(18)5-6-15(14)21-10-16(19)20/h1-7H,9-10,18H2. The van der Waals surface area contributed by atoms with Gasteiger partial charge in [-0.1, -0.05) is 12.1 Å². The fourth-order valence-electron chi connectivity index (χ4n) is 2.26. The largest absolute Gasteiger partial charge is 0.482 e. The van der Waals surface area contributed by atoms with Crippen molar-refractivity contribution in [1.29, 1.82) is 5.26 Å². The number of hydrogen-bond acceptors (Lipinski definition) is 4. The van der Waals surface area contributed by atoms with Gasteiger partial charge in [-0.3, -0.25) is 4.79 Å². The molecule has 0 aliphatic carbocycles. The van der Waals surface area contributed by atoms with Crippen LogP contribution in [0.1, 0.15) is 11.1 Å². The number of nitrogen functional groups attached to an aromatic ring is 1. The van der Waals surface area contributed by atoms with Crippen LogP contribution in [0.5, 0.6) is 5.75 Å². The second-order valence-electron chi connectivity index (χ2n) is 4.80. The minimum absolute atomic E-state index is 0.0210. The molecule has 5 heteroatoms. The fraction of sp³-hybridized carbons (Fsp3) is 0.125. The van der Waals surface area contributed by atoms with Crippen LogP contribution in [0.15, 0.2) is 42.5 Å². The Morgan fingerprint density at radius 1 is 1.24 bits per heavy atom. The Labute approximate surface area is 122 Å². The van der Waals surface area contributed by atoms with E-state index in [9.17, 15) is 4.79 Å². The van der Waals surface area contributed by atoms with Gasteiger partial charge in [0, 0.05) is 5.69 Å². The molecule has 0 aromatic heterocycles. The summed E-state index contributed by atoms with van der Waals surface area (Å²) >= 11 is 0. The molecular formula is C16H13N3O2. The number of rotatable bonds is 2. The summed E-state index contributed by atoms with van der Waals surface area (Å²) in [6.07, 6.45) is 0. The first-order valence-electron chi connectivity index (χ1n) is 6.49. The Hall–Kier alpha value is -3.00. The highest BCUT2D eigenvalue weighted by Gasteiger charge is 2.25. The smallest absolute Gasteiger partial charge is 0.265 e. The van der Waals surface area contributed by atoms with Gasteiger partial charge in [-0.2, -0.15) is 5.26 Å². The number of nitrogens with two attached hydrogens (primary N) is 1. The Morgan fingerprint density at radius 3 is 2.71 bits per heavy atom. The summed E-state index contributed by atoms with van der Waals surface area (Å²) in [6.45, 7) is 0.442. The van der Waals surface area contributed by atoms with E-state index in [0.29, 0.717) is 29.2 Å². The lowest BCUT2D eigenvalue weighted by atomic mass is 10.1. The van der Waals surface area contributed by atoms with Crippen molar-refractivity contribution in [3.8, 4) is 11.8 Å². The second kappa shape index (κ2) is 5.17. The van der Waals surface area contributed by atoms with Gasteiger partial charge in [0.25, 0.3) is 5.91 Å². The van der Waals surface area contributed by atoms with Crippen LogP contribution < -0.4 is 15.4 Å². The van der Waals surface area contributed by atoms with Crippen LogP contribution in [0.4, 0.5) is 11.4 Å². The molecule has 0 spiro atoms. The maximum absolute atomic E-state index is 12.1. The van der Waals surface area contributed by atoms with Gasteiger partial charge < -0.3 is 15.4 Å². The van der Waals surface area contributed by atoms with Crippen LogP contribution in [-0.2, 0) is 11.3 Å². The molecule has 0 saturated carbocycles. The van der Waals surface area contributed by atoms with E-state index in [4.69, 9.17) is 15.7 Å². The Morgan fingerprint density at radius 2 is 2.00 bits per heavy atom. The minimum atomic E-state index is -0.113. The van der Waals surface area contributed by atoms with E-state index in [1.165, 1.54) is 0 Å². The van der Waals surface area contributed by atoms with Crippen molar-refractivity contribution in [2.75, 3.05) is 17.2 Å². The number of carbonyl (C=O) groups excluding carboxylic acids is 1. The summed E-state index contributed by atoms with van der Waals surface area (Å²) < 4.78 is 5.41. The van der Waals surface area contributed by atoms with Gasteiger partial charge in [0.2, 0.25) is 0 Å². The molecule has 1 aliphatic rings. The quantitative estimate of drug-likeness (QED) is 0.853. The number of fused-ring (bicyclic) bond motifs is 1. The zero-order valence-electron chi connectivity index (χ0n) is 11.2. The molecule has 0 radical (unpaired) electrons. The molecule has 0 unspecified atom stereocenters. The highest BCUT2D eigenvalue weighted by Crippen LogP contribution is 2.34. The van der Waals surface area contributed by atoms with E-state index in [-0.39, 0.29) is 12.5 Å². The molecule has 1 heterocycles. The molecular weight excluding hydrogens is 266 g/mol. The third-order valence-corrected chi connectivity index (χ3v) is 3.35. The number of nitriles is 1. The molecule has 5 nitrogen and oxygen atoms in total. The third kappa shape index (κ3) is 2.51. The molecule has 0 atom stereocenters. The Bertz CT molecular complexity index is 732. The SMILES string of the molecule is N#Cc1ccc(CN2C(=O)COc3ccc(N)cc32)cc1. The fourth-order valence-corrected chi connectivity index (χ4v) is 2.26. The van der Waals surface area contributed by atoms with Gasteiger partial charge >= 0.3 is 0 Å². The topological polar surface area (TPSA) is 79.3 Å². The summed E-state index contributed by atoms with van der Waals surface area (Å²) in [4.78, 5) is 13.8. The predicted molar refractivity (Wildman–Crippen MR) is 78.7 cm³/mol. The van der Waals surface area contributed by atoms with Crippen molar-refractivity contribution in [2.45, 2.75) is 6.54 Å². The lowest BCUT2D eigenvalue weighted by Crippen LogP contribution is -2.38. The van der Waals surface area contributed by atoms with Gasteiger partial charge in [0.05, 0.1) is 23.9 Å². The molecule has 2 aromatic rings. The van der Waals surface area contributed by atoms with E-state index in [1.54, 1.807) is 35.2 Å². The predicted octanol–water partition coefficient (Wildman–Crippen LogP) is 2.07. The molecule has 1 aliphatic heterocycles. The van der Waals surface area contributed by atoms with E-state index in [1.807, 2.05) is 12.1 Å². The monoisotopic (exact) mass is 279 g/mol. The lowest BCUT2D eigenvalue weighted by Gasteiger charge is -2.29. The molecule has 1 amide bonds. The maximum Gasteiger partial charge on any atom is 0.265 e. The van der Waals surface area contributed by atoms with E-state index in [2.05, 4.69) is 6.07 Å². The first-order chi connectivity index (χ1) is 10.2. The summed E-state index contributed by atoms with van der Waals surface area (Å²) in [6, 6.07) is 14.5. The van der Waals surface area contributed by atoms with Gasteiger partial charge in [0.1, 0.15) is 5.75 Å². The zero-order valence-corrected chi connectivity index (χ0v) is 11.2. The number of carbonyl (C=O) groups is 1. The molecule has 3 rings (SSSR count). The second-order valence-corrected chi connectivity index (χ2v) is 4.80. The van der Waals surface area contributed by atoms with Gasteiger partial charge in [-0.25, -0.2) is 0 Å². The van der Waals surface area contributed by atoms with Crippen molar-refractivity contribution in [2.24, 2.45) is 0 Å². The summed E-state index contributed by atoms with van der Waals surface area (Å²) in [5.41, 5.74) is 8.58. The molecule has 2 N–H and O–H groups in total. The number of anilines is 2. The Kier molecular flexibility index (Phi) is 3.20. The highest BCUT2D eigenvalue weighted by molar-refractivity contribution is 5.98. The summed E-state index contributed by atoms with van der Waals surface area (Å²) in [5.74, 6) is 0.537. The van der Waals surface area contributed by atoms with E-state index < -0.39 is 0 Å². The molecule has 0 fully saturated rings. The highest BCUT2D eigenvalue weighted by atomic mass is 16.5. The van der Waals surface area contributed by atoms with E-state index >= 15 is 0 Å². The number of hydrogen-bond donors (Lipinski definition) is 1. The van der Waals surface area contributed by atoms with Crippen LogP contribution in [0.2, 0.25) is 0 Å². The molecule has 2 aromatic carbocycles.